The van der Waals surface area contributed by atoms with Gasteiger partial charge in [0, 0.05) is 17.8 Å². The van der Waals surface area contributed by atoms with Gasteiger partial charge in [-0.3, -0.25) is 9.59 Å². The predicted octanol–water partition coefficient (Wildman–Crippen LogP) is 2.31. The van der Waals surface area contributed by atoms with E-state index in [2.05, 4.69) is 10.3 Å². The van der Waals surface area contributed by atoms with Gasteiger partial charge in [0.15, 0.2) is 12.1 Å². The third-order valence-electron chi connectivity index (χ3n) is 4.38. The summed E-state index contributed by atoms with van der Waals surface area (Å²) in [6, 6.07) is 5.61. The molecule has 1 aromatic carbocycles. The molecule has 2 N–H and O–H groups in total. The van der Waals surface area contributed by atoms with Gasteiger partial charge in [0.25, 0.3) is 11.8 Å². The van der Waals surface area contributed by atoms with Gasteiger partial charge in [0.2, 0.25) is 0 Å². The van der Waals surface area contributed by atoms with Gasteiger partial charge in [-0.25, -0.2) is 9.78 Å². The Hall–Kier alpha value is -3.16. The number of likely N-dealkylation sites (tertiary alicyclic amines) is 1. The molecule has 2 amide bonds. The number of piperidine rings is 1. The number of carboxylic acid groups (broad SMARTS) is 1. The molecule has 1 aliphatic rings. The molecule has 1 aromatic heterocycles. The number of amides is 2. The van der Waals surface area contributed by atoms with Gasteiger partial charge in [0.1, 0.15) is 11.8 Å². The lowest BCUT2D eigenvalue weighted by Crippen LogP contribution is -2.48. The monoisotopic (exact) mass is 357 g/mol. The lowest BCUT2D eigenvalue weighted by molar-refractivity contribution is -0.143. The van der Waals surface area contributed by atoms with Crippen LogP contribution in [0.5, 0.6) is 0 Å². The normalized spacial score (nSPS) is 17.0. The van der Waals surface area contributed by atoms with Crippen molar-refractivity contribution in [1.29, 1.82) is 0 Å². The summed E-state index contributed by atoms with van der Waals surface area (Å²) in [5, 5.41) is 12.0. The van der Waals surface area contributed by atoms with Crippen LogP contribution in [0.25, 0.3) is 0 Å². The number of carboxylic acids is 1. The van der Waals surface area contributed by atoms with Crippen molar-refractivity contribution < 1.29 is 23.9 Å². The molecular weight excluding hydrogens is 338 g/mol. The number of benzene rings is 1. The van der Waals surface area contributed by atoms with Crippen LogP contribution >= 0.6 is 0 Å². The lowest BCUT2D eigenvalue weighted by atomic mass is 10.0. The van der Waals surface area contributed by atoms with Crippen molar-refractivity contribution in [2.24, 2.45) is 0 Å². The standard InChI is InChI=1S/C18H19N3O5/c1-11-15(19-10-26-11)16(22)20-13-6-4-5-12(9-13)17(23)21-8-3-2-7-14(21)18(24)25/h4-6,9-10,14H,2-3,7-8H2,1H3,(H,20,22)(H,24,25). The molecule has 3 rings (SSSR count). The van der Waals surface area contributed by atoms with Crippen LogP contribution in [-0.4, -0.2) is 45.4 Å². The fourth-order valence-corrected chi connectivity index (χ4v) is 3.04. The van der Waals surface area contributed by atoms with Crippen molar-refractivity contribution in [3.8, 4) is 0 Å². The number of carbonyl (C=O) groups excluding carboxylic acids is 2. The number of aliphatic carboxylic acids is 1. The molecule has 0 saturated carbocycles. The summed E-state index contributed by atoms with van der Waals surface area (Å²) in [5.41, 5.74) is 0.920. The highest BCUT2D eigenvalue weighted by molar-refractivity contribution is 6.04. The van der Waals surface area contributed by atoms with Crippen LogP contribution in [0, 0.1) is 6.92 Å². The Morgan fingerprint density at radius 1 is 1.31 bits per heavy atom. The summed E-state index contributed by atoms with van der Waals surface area (Å²) in [4.78, 5) is 41.6. The van der Waals surface area contributed by atoms with Crippen molar-refractivity contribution in [2.75, 3.05) is 11.9 Å². The van der Waals surface area contributed by atoms with E-state index in [0.29, 0.717) is 30.0 Å². The van der Waals surface area contributed by atoms with E-state index in [1.54, 1.807) is 25.1 Å². The van der Waals surface area contributed by atoms with Gasteiger partial charge in [0.05, 0.1) is 0 Å². The van der Waals surface area contributed by atoms with Gasteiger partial charge < -0.3 is 19.7 Å². The Kier molecular flexibility index (Phi) is 5.01. The van der Waals surface area contributed by atoms with Gasteiger partial charge in [-0.2, -0.15) is 0 Å². The number of rotatable bonds is 4. The zero-order chi connectivity index (χ0) is 18.7. The second-order valence-electron chi connectivity index (χ2n) is 6.14. The zero-order valence-corrected chi connectivity index (χ0v) is 14.3. The lowest BCUT2D eigenvalue weighted by Gasteiger charge is -2.33. The van der Waals surface area contributed by atoms with Crippen LogP contribution < -0.4 is 5.32 Å². The van der Waals surface area contributed by atoms with Crippen LogP contribution in [0.15, 0.2) is 35.1 Å². The molecule has 0 radical (unpaired) electrons. The Labute approximate surface area is 149 Å². The number of anilines is 1. The van der Waals surface area contributed by atoms with Crippen LogP contribution in [0.1, 0.15) is 45.9 Å². The van der Waals surface area contributed by atoms with Crippen molar-refractivity contribution >= 4 is 23.5 Å². The number of carbonyl (C=O) groups is 3. The first-order chi connectivity index (χ1) is 12.5. The molecule has 136 valence electrons. The maximum absolute atomic E-state index is 12.8. The number of oxazole rings is 1. The minimum atomic E-state index is -0.996. The Bertz CT molecular complexity index is 845. The van der Waals surface area contributed by atoms with E-state index in [9.17, 15) is 19.5 Å². The molecule has 0 aliphatic carbocycles. The van der Waals surface area contributed by atoms with Crippen LogP contribution in [0.2, 0.25) is 0 Å². The first kappa shape index (κ1) is 17.7. The SMILES string of the molecule is Cc1ocnc1C(=O)Nc1cccc(C(=O)N2CCCCC2C(=O)O)c1. The van der Waals surface area contributed by atoms with E-state index in [4.69, 9.17) is 4.42 Å². The van der Waals surface area contributed by atoms with Crippen molar-refractivity contribution in [3.63, 3.8) is 0 Å². The molecule has 26 heavy (non-hydrogen) atoms. The van der Waals surface area contributed by atoms with Crippen LogP contribution in [0.3, 0.4) is 0 Å². The molecule has 1 atom stereocenters. The maximum atomic E-state index is 12.8. The molecular formula is C18H19N3O5. The van der Waals surface area contributed by atoms with Gasteiger partial charge in [-0.15, -0.1) is 0 Å². The molecule has 8 heteroatoms. The van der Waals surface area contributed by atoms with Crippen molar-refractivity contribution in [2.45, 2.75) is 32.2 Å². The number of hydrogen-bond acceptors (Lipinski definition) is 5. The van der Waals surface area contributed by atoms with Crippen LogP contribution in [-0.2, 0) is 4.79 Å². The highest BCUT2D eigenvalue weighted by atomic mass is 16.4. The molecule has 8 nitrogen and oxygen atoms in total. The molecule has 1 unspecified atom stereocenters. The molecule has 1 aliphatic heterocycles. The second-order valence-corrected chi connectivity index (χ2v) is 6.14. The predicted molar refractivity (Wildman–Crippen MR) is 91.9 cm³/mol. The third kappa shape index (κ3) is 3.58. The Morgan fingerprint density at radius 2 is 2.12 bits per heavy atom. The van der Waals surface area contributed by atoms with E-state index in [1.807, 2.05) is 0 Å². The highest BCUT2D eigenvalue weighted by Gasteiger charge is 2.32. The number of nitrogens with zero attached hydrogens (tertiary/aromatic N) is 2. The number of aromatic nitrogens is 1. The smallest absolute Gasteiger partial charge is 0.326 e. The Morgan fingerprint density at radius 3 is 2.81 bits per heavy atom. The maximum Gasteiger partial charge on any atom is 0.326 e. The Balaban J connectivity index is 1.78. The summed E-state index contributed by atoms with van der Waals surface area (Å²) >= 11 is 0. The van der Waals surface area contributed by atoms with Crippen molar-refractivity contribution in [3.05, 3.63) is 47.7 Å². The second kappa shape index (κ2) is 7.38. The average molecular weight is 357 g/mol. The molecule has 0 bridgehead atoms. The van der Waals surface area contributed by atoms with Crippen molar-refractivity contribution in [1.82, 2.24) is 9.88 Å². The first-order valence-corrected chi connectivity index (χ1v) is 8.32. The minimum absolute atomic E-state index is 0.170. The number of aryl methyl sites for hydroxylation is 1. The first-order valence-electron chi connectivity index (χ1n) is 8.32. The van der Waals surface area contributed by atoms with Crippen LogP contribution in [0.4, 0.5) is 5.69 Å². The summed E-state index contributed by atoms with van der Waals surface area (Å²) in [6.07, 6.45) is 3.20. The van der Waals surface area contributed by atoms with E-state index in [-0.39, 0.29) is 11.6 Å². The summed E-state index contributed by atoms with van der Waals surface area (Å²) in [5.74, 6) is -1.40. The molecule has 2 heterocycles. The van der Waals surface area contributed by atoms with Gasteiger partial charge in [-0.05, 0) is 44.4 Å². The summed E-state index contributed by atoms with van der Waals surface area (Å²) in [7, 11) is 0. The largest absolute Gasteiger partial charge is 0.480 e. The van der Waals surface area contributed by atoms with E-state index in [0.717, 1.165) is 12.8 Å². The fraction of sp³-hybridized carbons (Fsp3) is 0.333. The molecule has 0 spiro atoms. The van der Waals surface area contributed by atoms with E-state index < -0.39 is 17.9 Å². The van der Waals surface area contributed by atoms with E-state index in [1.165, 1.54) is 17.4 Å². The third-order valence-corrected chi connectivity index (χ3v) is 4.38. The molecule has 2 aromatic rings. The molecule has 1 fully saturated rings. The molecule has 1 saturated heterocycles. The minimum Gasteiger partial charge on any atom is -0.480 e. The highest BCUT2D eigenvalue weighted by Crippen LogP contribution is 2.21. The summed E-state index contributed by atoms with van der Waals surface area (Å²) in [6.45, 7) is 2.04. The zero-order valence-electron chi connectivity index (χ0n) is 14.3. The summed E-state index contributed by atoms with van der Waals surface area (Å²) < 4.78 is 5.01. The quantitative estimate of drug-likeness (QED) is 0.868. The average Bonchev–Trinajstić information content (AvgIpc) is 3.07. The van der Waals surface area contributed by atoms with Gasteiger partial charge in [-0.1, -0.05) is 6.07 Å². The fourth-order valence-electron chi connectivity index (χ4n) is 3.04. The topological polar surface area (TPSA) is 113 Å². The van der Waals surface area contributed by atoms with E-state index >= 15 is 0 Å². The van der Waals surface area contributed by atoms with Gasteiger partial charge >= 0.3 is 5.97 Å². The number of hydrogen-bond donors (Lipinski definition) is 2. The number of nitrogens with one attached hydrogen (secondary N) is 1.